The SMILES string of the molecule is Fc1cc(C(F)(F)F)cc(C(Cc2ccccc2)(NCc2ccc(F)cc2C(F)(F)F)c2ccc(Cl)cn2)c1. The molecule has 0 radical (unpaired) electrons. The molecular weight excluding hydrogens is 552 g/mol. The molecule has 1 heterocycles. The Hall–Kier alpha value is -3.50. The van der Waals surface area contributed by atoms with Gasteiger partial charge in [0.15, 0.2) is 0 Å². The summed E-state index contributed by atoms with van der Waals surface area (Å²) in [5.74, 6) is -2.31. The van der Waals surface area contributed by atoms with Crippen molar-refractivity contribution in [3.05, 3.63) is 135 Å². The molecule has 3 aromatic carbocycles. The number of benzene rings is 3. The Bertz CT molecular complexity index is 1440. The number of hydrogen-bond acceptors (Lipinski definition) is 2. The van der Waals surface area contributed by atoms with E-state index in [1.54, 1.807) is 30.3 Å². The van der Waals surface area contributed by atoms with E-state index in [1.165, 1.54) is 18.3 Å². The third-order valence-electron chi connectivity index (χ3n) is 6.15. The van der Waals surface area contributed by atoms with E-state index in [1.807, 2.05) is 0 Å². The first-order chi connectivity index (χ1) is 18.3. The lowest BCUT2D eigenvalue weighted by molar-refractivity contribution is -0.139. The van der Waals surface area contributed by atoms with Crippen LogP contribution in [0.2, 0.25) is 5.02 Å². The van der Waals surface area contributed by atoms with Crippen LogP contribution in [0.4, 0.5) is 35.1 Å². The van der Waals surface area contributed by atoms with Gasteiger partial charge in [-0.25, -0.2) is 8.78 Å². The summed E-state index contributed by atoms with van der Waals surface area (Å²) >= 11 is 5.98. The number of alkyl halides is 6. The van der Waals surface area contributed by atoms with Crippen molar-refractivity contribution in [1.82, 2.24) is 10.3 Å². The van der Waals surface area contributed by atoms with Crippen molar-refractivity contribution in [2.75, 3.05) is 0 Å². The fourth-order valence-electron chi connectivity index (χ4n) is 4.34. The Labute approximate surface area is 223 Å². The molecule has 0 spiro atoms. The number of rotatable bonds is 7. The molecule has 204 valence electrons. The van der Waals surface area contributed by atoms with Crippen molar-refractivity contribution in [2.45, 2.75) is 30.9 Å². The Morgan fingerprint density at radius 3 is 2.03 bits per heavy atom. The molecule has 1 aromatic heterocycles. The maximum Gasteiger partial charge on any atom is 0.416 e. The number of hydrogen-bond donors (Lipinski definition) is 1. The number of aromatic nitrogens is 1. The highest BCUT2D eigenvalue weighted by molar-refractivity contribution is 6.30. The standard InChI is InChI=1S/C28H19ClF8N2/c29-21-7-9-25(38-16-21)26(14-17-4-2-1-3-5-17,19-10-20(27(32,33)34)12-23(31)11-19)39-15-18-6-8-22(30)13-24(18)28(35,36)37/h1-13,16,39H,14-15H2. The third kappa shape index (κ3) is 6.57. The van der Waals surface area contributed by atoms with Crippen molar-refractivity contribution in [2.24, 2.45) is 0 Å². The highest BCUT2D eigenvalue weighted by Crippen LogP contribution is 2.39. The summed E-state index contributed by atoms with van der Waals surface area (Å²) in [5, 5.41) is 3.12. The molecule has 0 fully saturated rings. The van der Waals surface area contributed by atoms with Gasteiger partial charge in [-0.05, 0) is 59.2 Å². The van der Waals surface area contributed by atoms with Gasteiger partial charge in [0.25, 0.3) is 0 Å². The van der Waals surface area contributed by atoms with E-state index < -0.39 is 47.2 Å². The number of pyridine rings is 1. The van der Waals surface area contributed by atoms with Gasteiger partial charge in [-0.15, -0.1) is 0 Å². The molecule has 0 aliphatic rings. The molecule has 0 amide bonds. The van der Waals surface area contributed by atoms with Crippen molar-refractivity contribution in [3.63, 3.8) is 0 Å². The zero-order valence-electron chi connectivity index (χ0n) is 19.8. The minimum absolute atomic E-state index is 0.0742. The van der Waals surface area contributed by atoms with Crippen LogP contribution in [0.5, 0.6) is 0 Å². The Morgan fingerprint density at radius 1 is 0.718 bits per heavy atom. The highest BCUT2D eigenvalue weighted by atomic mass is 35.5. The molecule has 4 rings (SSSR count). The minimum atomic E-state index is -4.91. The van der Waals surface area contributed by atoms with Gasteiger partial charge in [0.2, 0.25) is 0 Å². The fourth-order valence-corrected chi connectivity index (χ4v) is 4.45. The van der Waals surface area contributed by atoms with Gasteiger partial charge in [-0.2, -0.15) is 26.3 Å². The lowest BCUT2D eigenvalue weighted by Gasteiger charge is -2.36. The summed E-state index contributed by atoms with van der Waals surface area (Å²) in [5.41, 5.74) is -4.29. The van der Waals surface area contributed by atoms with Gasteiger partial charge in [0.1, 0.15) is 11.6 Å². The van der Waals surface area contributed by atoms with E-state index in [9.17, 15) is 35.1 Å². The molecular formula is C28H19ClF8N2. The van der Waals surface area contributed by atoms with E-state index in [4.69, 9.17) is 11.6 Å². The zero-order valence-corrected chi connectivity index (χ0v) is 20.6. The molecule has 4 aromatic rings. The predicted octanol–water partition coefficient (Wildman–Crippen LogP) is 8.33. The summed E-state index contributed by atoms with van der Waals surface area (Å²) in [4.78, 5) is 4.26. The van der Waals surface area contributed by atoms with Crippen LogP contribution in [0.3, 0.4) is 0 Å². The maximum absolute atomic E-state index is 14.7. The first-order valence-corrected chi connectivity index (χ1v) is 11.8. The molecule has 0 bridgehead atoms. The van der Waals surface area contributed by atoms with Crippen LogP contribution in [0.25, 0.3) is 0 Å². The van der Waals surface area contributed by atoms with Crippen molar-refractivity contribution in [3.8, 4) is 0 Å². The molecule has 0 aliphatic carbocycles. The molecule has 2 nitrogen and oxygen atoms in total. The molecule has 11 heteroatoms. The maximum atomic E-state index is 14.7. The Balaban J connectivity index is 1.95. The number of halogens is 9. The second-order valence-corrected chi connectivity index (χ2v) is 9.24. The average Bonchev–Trinajstić information content (AvgIpc) is 2.87. The average molecular weight is 571 g/mol. The fraction of sp³-hybridized carbons (Fsp3) is 0.179. The van der Waals surface area contributed by atoms with Crippen LogP contribution < -0.4 is 5.32 Å². The van der Waals surface area contributed by atoms with E-state index >= 15 is 0 Å². The quantitative estimate of drug-likeness (QED) is 0.226. The van der Waals surface area contributed by atoms with Crippen molar-refractivity contribution >= 4 is 11.6 Å². The molecule has 0 saturated heterocycles. The summed E-state index contributed by atoms with van der Waals surface area (Å²) in [6.07, 6.45) is -8.74. The second kappa shape index (κ2) is 10.9. The Morgan fingerprint density at radius 2 is 1.41 bits per heavy atom. The molecule has 39 heavy (non-hydrogen) atoms. The monoisotopic (exact) mass is 570 g/mol. The summed E-state index contributed by atoms with van der Waals surface area (Å²) < 4.78 is 111. The largest absolute Gasteiger partial charge is 0.416 e. The van der Waals surface area contributed by atoms with Crippen molar-refractivity contribution in [1.29, 1.82) is 0 Å². The lowest BCUT2D eigenvalue weighted by atomic mass is 9.79. The lowest BCUT2D eigenvalue weighted by Crippen LogP contribution is -2.46. The van der Waals surface area contributed by atoms with Crippen LogP contribution >= 0.6 is 11.6 Å². The number of nitrogens with zero attached hydrogens (tertiary/aromatic N) is 1. The van der Waals surface area contributed by atoms with E-state index in [-0.39, 0.29) is 28.3 Å². The van der Waals surface area contributed by atoms with Crippen LogP contribution in [-0.2, 0) is 30.9 Å². The van der Waals surface area contributed by atoms with Gasteiger partial charge in [-0.1, -0.05) is 48.0 Å². The van der Waals surface area contributed by atoms with Crippen LogP contribution in [-0.4, -0.2) is 4.98 Å². The van der Waals surface area contributed by atoms with Crippen LogP contribution in [0, 0.1) is 11.6 Å². The van der Waals surface area contributed by atoms with Crippen LogP contribution in [0.15, 0.2) is 85.1 Å². The molecule has 1 N–H and O–H groups in total. The zero-order chi connectivity index (χ0) is 28.4. The molecule has 0 aliphatic heterocycles. The predicted molar refractivity (Wildman–Crippen MR) is 130 cm³/mol. The highest BCUT2D eigenvalue weighted by Gasteiger charge is 2.40. The van der Waals surface area contributed by atoms with Gasteiger partial charge >= 0.3 is 12.4 Å². The summed E-state index contributed by atoms with van der Waals surface area (Å²) in [7, 11) is 0. The summed E-state index contributed by atoms with van der Waals surface area (Å²) in [6.45, 7) is -0.579. The van der Waals surface area contributed by atoms with E-state index in [0.29, 0.717) is 17.7 Å². The molecule has 1 atom stereocenters. The topological polar surface area (TPSA) is 24.9 Å². The third-order valence-corrected chi connectivity index (χ3v) is 6.38. The van der Waals surface area contributed by atoms with E-state index in [2.05, 4.69) is 10.3 Å². The number of nitrogens with one attached hydrogen (secondary N) is 1. The molecule has 1 unspecified atom stereocenters. The van der Waals surface area contributed by atoms with Crippen molar-refractivity contribution < 1.29 is 35.1 Å². The minimum Gasteiger partial charge on any atom is -0.298 e. The first kappa shape index (κ1) is 28.5. The smallest absolute Gasteiger partial charge is 0.298 e. The van der Waals surface area contributed by atoms with Crippen LogP contribution in [0.1, 0.15) is 33.5 Å². The van der Waals surface area contributed by atoms with E-state index in [0.717, 1.165) is 24.3 Å². The summed E-state index contributed by atoms with van der Waals surface area (Å²) in [6, 6.07) is 15.2. The second-order valence-electron chi connectivity index (χ2n) is 8.81. The normalized spacial score (nSPS) is 13.8. The van der Waals surface area contributed by atoms with Gasteiger partial charge in [-0.3, -0.25) is 10.3 Å². The Kier molecular flexibility index (Phi) is 7.99. The van der Waals surface area contributed by atoms with Gasteiger partial charge in [0.05, 0.1) is 27.4 Å². The molecule has 0 saturated carbocycles. The van der Waals surface area contributed by atoms with Gasteiger partial charge in [0, 0.05) is 19.2 Å². The first-order valence-electron chi connectivity index (χ1n) is 11.4. The van der Waals surface area contributed by atoms with Gasteiger partial charge < -0.3 is 0 Å².